The smallest absolute Gasteiger partial charge is 0.226 e. The van der Waals surface area contributed by atoms with Crippen molar-refractivity contribution in [3.8, 4) is 5.75 Å². The number of carbonyl (C=O) groups excluding carboxylic acids is 1. The molecule has 5 nitrogen and oxygen atoms in total. The van der Waals surface area contributed by atoms with Crippen LogP contribution in [0.1, 0.15) is 30.5 Å². The maximum Gasteiger partial charge on any atom is 0.226 e. The summed E-state index contributed by atoms with van der Waals surface area (Å²) >= 11 is 0. The van der Waals surface area contributed by atoms with Crippen molar-refractivity contribution in [3.63, 3.8) is 0 Å². The molecule has 2 aliphatic rings. The molecule has 1 amide bonds. The number of hydrogen-bond donors (Lipinski definition) is 0. The fraction of sp³-hybridized carbons (Fsp3) is 0.500. The number of nitrogens with zero attached hydrogens (tertiary/aromatic N) is 3. The van der Waals surface area contributed by atoms with Gasteiger partial charge in [0.05, 0.1) is 18.7 Å². The molecule has 0 unspecified atom stereocenters. The summed E-state index contributed by atoms with van der Waals surface area (Å²) in [5.41, 5.74) is 2.28. The molecule has 1 aromatic heterocycles. The van der Waals surface area contributed by atoms with E-state index in [0.717, 1.165) is 63.4 Å². The predicted octanol–water partition coefficient (Wildman–Crippen LogP) is 3.53. The number of piperidine rings is 1. The highest BCUT2D eigenvalue weighted by Crippen LogP contribution is 2.27. The Morgan fingerprint density at radius 1 is 1.10 bits per heavy atom. The number of hydrogen-bond acceptors (Lipinski definition) is 4. The molecule has 2 aliphatic heterocycles. The van der Waals surface area contributed by atoms with Crippen molar-refractivity contribution in [1.29, 1.82) is 0 Å². The molecule has 2 atom stereocenters. The van der Waals surface area contributed by atoms with Crippen LogP contribution in [0.5, 0.6) is 5.75 Å². The molecule has 1 aromatic carbocycles. The number of carbonyl (C=O) groups is 1. The molecule has 0 aliphatic carbocycles. The number of likely N-dealkylation sites (tertiary alicyclic amines) is 2. The average molecular weight is 394 g/mol. The molecule has 2 saturated heterocycles. The average Bonchev–Trinajstić information content (AvgIpc) is 3.28. The van der Waals surface area contributed by atoms with Crippen molar-refractivity contribution >= 4 is 5.91 Å². The van der Waals surface area contributed by atoms with E-state index < -0.39 is 0 Å². The summed E-state index contributed by atoms with van der Waals surface area (Å²) in [5.74, 6) is 1.54. The first-order valence-corrected chi connectivity index (χ1v) is 10.8. The molecule has 0 spiro atoms. The zero-order valence-electron chi connectivity index (χ0n) is 17.3. The molecule has 4 rings (SSSR count). The minimum Gasteiger partial charge on any atom is -0.492 e. The van der Waals surface area contributed by atoms with Gasteiger partial charge >= 0.3 is 0 Å². The van der Waals surface area contributed by atoms with E-state index in [1.807, 2.05) is 25.1 Å². The molecule has 29 heavy (non-hydrogen) atoms. The van der Waals surface area contributed by atoms with Crippen molar-refractivity contribution in [2.24, 2.45) is 11.8 Å². The molecule has 0 saturated carbocycles. The second-order valence-electron chi connectivity index (χ2n) is 8.46. The van der Waals surface area contributed by atoms with Crippen molar-refractivity contribution in [2.75, 3.05) is 32.8 Å². The third kappa shape index (κ3) is 5.36. The first-order chi connectivity index (χ1) is 14.2. The molecule has 0 radical (unpaired) electrons. The third-order valence-electron chi connectivity index (χ3n) is 6.00. The van der Waals surface area contributed by atoms with Crippen LogP contribution in [0.15, 0.2) is 48.7 Å². The highest BCUT2D eigenvalue weighted by Gasteiger charge is 2.35. The van der Waals surface area contributed by atoms with Gasteiger partial charge < -0.3 is 9.64 Å². The summed E-state index contributed by atoms with van der Waals surface area (Å²) in [5, 5.41) is 0. The van der Waals surface area contributed by atoms with Crippen molar-refractivity contribution in [1.82, 2.24) is 14.8 Å². The van der Waals surface area contributed by atoms with Crippen LogP contribution in [0.3, 0.4) is 0 Å². The monoisotopic (exact) mass is 393 g/mol. The van der Waals surface area contributed by atoms with Gasteiger partial charge in [-0.25, -0.2) is 0 Å². The summed E-state index contributed by atoms with van der Waals surface area (Å²) in [4.78, 5) is 21.9. The van der Waals surface area contributed by atoms with E-state index in [0.29, 0.717) is 18.4 Å². The lowest BCUT2D eigenvalue weighted by Gasteiger charge is -2.38. The van der Waals surface area contributed by atoms with Crippen LogP contribution < -0.4 is 4.74 Å². The number of rotatable bonds is 6. The second kappa shape index (κ2) is 9.40. The summed E-state index contributed by atoms with van der Waals surface area (Å²) in [7, 11) is 0. The van der Waals surface area contributed by atoms with Crippen LogP contribution in [0.25, 0.3) is 0 Å². The summed E-state index contributed by atoms with van der Waals surface area (Å²) in [6, 6.07) is 14.5. The lowest BCUT2D eigenvalue weighted by molar-refractivity contribution is -0.137. The maximum atomic E-state index is 13.1. The Hall–Kier alpha value is -2.40. The second-order valence-corrected chi connectivity index (χ2v) is 8.46. The van der Waals surface area contributed by atoms with E-state index in [2.05, 4.69) is 39.0 Å². The van der Waals surface area contributed by atoms with Gasteiger partial charge in [-0.05, 0) is 43.9 Å². The van der Waals surface area contributed by atoms with Crippen LogP contribution >= 0.6 is 0 Å². The number of ether oxygens (including phenoxy) is 1. The third-order valence-corrected chi connectivity index (χ3v) is 6.00. The van der Waals surface area contributed by atoms with Crippen molar-refractivity contribution in [2.45, 2.75) is 32.7 Å². The van der Waals surface area contributed by atoms with Gasteiger partial charge in [0.15, 0.2) is 0 Å². The maximum absolute atomic E-state index is 13.1. The Morgan fingerprint density at radius 2 is 1.90 bits per heavy atom. The molecule has 0 bridgehead atoms. The molecule has 154 valence electrons. The molecular formula is C24H31N3O2. The Balaban J connectivity index is 1.42. The highest BCUT2D eigenvalue weighted by atomic mass is 16.5. The fourth-order valence-corrected chi connectivity index (χ4v) is 4.52. The van der Waals surface area contributed by atoms with Crippen LogP contribution in [-0.4, -0.2) is 53.5 Å². The fourth-order valence-electron chi connectivity index (χ4n) is 4.52. The van der Waals surface area contributed by atoms with E-state index >= 15 is 0 Å². The summed E-state index contributed by atoms with van der Waals surface area (Å²) in [6.07, 6.45) is 4.96. The van der Waals surface area contributed by atoms with Gasteiger partial charge in [-0.1, -0.05) is 30.3 Å². The lowest BCUT2D eigenvalue weighted by Crippen LogP contribution is -2.48. The highest BCUT2D eigenvalue weighted by molar-refractivity contribution is 5.79. The topological polar surface area (TPSA) is 45.7 Å². The summed E-state index contributed by atoms with van der Waals surface area (Å²) in [6.45, 7) is 7.12. The Morgan fingerprint density at radius 3 is 2.62 bits per heavy atom. The molecule has 2 aromatic rings. The normalized spacial score (nSPS) is 22.6. The van der Waals surface area contributed by atoms with Gasteiger partial charge in [0.1, 0.15) is 5.75 Å². The first-order valence-electron chi connectivity index (χ1n) is 10.8. The molecule has 3 heterocycles. The quantitative estimate of drug-likeness (QED) is 0.753. The molecular weight excluding hydrogens is 362 g/mol. The lowest BCUT2D eigenvalue weighted by atomic mass is 9.88. The zero-order valence-corrected chi connectivity index (χ0v) is 17.3. The number of pyridine rings is 1. The standard InChI is InChI=1S/C24H31N3O2/c1-19-9-10-23(14-25-19)29-18-21-13-22(24(28)27-11-5-6-12-27)17-26(16-21)15-20-7-3-2-4-8-20/h2-4,7-10,14,21-22H,5-6,11-13,15-18H2,1H3/t21-,22+/m0/s1. The van der Waals surface area contributed by atoms with Gasteiger partial charge in [-0.2, -0.15) is 0 Å². The number of aromatic nitrogens is 1. The van der Waals surface area contributed by atoms with E-state index in [4.69, 9.17) is 4.74 Å². The number of amides is 1. The zero-order chi connectivity index (χ0) is 20.1. The van der Waals surface area contributed by atoms with Gasteiger partial charge in [0, 0.05) is 44.3 Å². The van der Waals surface area contributed by atoms with Crippen molar-refractivity contribution in [3.05, 3.63) is 59.9 Å². The molecule has 0 N–H and O–H groups in total. The van der Waals surface area contributed by atoms with E-state index in [1.54, 1.807) is 6.20 Å². The SMILES string of the molecule is Cc1ccc(OC[C@H]2C[C@@H](C(=O)N3CCCC3)CN(Cc3ccccc3)C2)cn1. The van der Waals surface area contributed by atoms with Crippen LogP contribution in [0.4, 0.5) is 0 Å². The van der Waals surface area contributed by atoms with Crippen LogP contribution in [0.2, 0.25) is 0 Å². The van der Waals surface area contributed by atoms with Gasteiger partial charge in [-0.15, -0.1) is 0 Å². The number of benzene rings is 1. The van der Waals surface area contributed by atoms with Gasteiger partial charge in [-0.3, -0.25) is 14.7 Å². The molecule has 5 heteroatoms. The van der Waals surface area contributed by atoms with Gasteiger partial charge in [0.25, 0.3) is 0 Å². The van der Waals surface area contributed by atoms with Crippen LogP contribution in [0, 0.1) is 18.8 Å². The van der Waals surface area contributed by atoms with E-state index in [9.17, 15) is 4.79 Å². The summed E-state index contributed by atoms with van der Waals surface area (Å²) < 4.78 is 6.04. The predicted molar refractivity (Wildman–Crippen MR) is 114 cm³/mol. The van der Waals surface area contributed by atoms with Crippen molar-refractivity contribution < 1.29 is 9.53 Å². The Labute approximate surface area is 173 Å². The number of aryl methyl sites for hydroxylation is 1. The Bertz CT molecular complexity index is 788. The largest absolute Gasteiger partial charge is 0.492 e. The van der Waals surface area contributed by atoms with Crippen LogP contribution in [-0.2, 0) is 11.3 Å². The van der Waals surface area contributed by atoms with Gasteiger partial charge in [0.2, 0.25) is 5.91 Å². The minimum absolute atomic E-state index is 0.0651. The minimum atomic E-state index is 0.0651. The molecule has 2 fully saturated rings. The van der Waals surface area contributed by atoms with E-state index in [1.165, 1.54) is 5.56 Å². The Kier molecular flexibility index (Phi) is 6.45. The first kappa shape index (κ1) is 19.9. The van der Waals surface area contributed by atoms with E-state index in [-0.39, 0.29) is 5.92 Å².